The number of hydrogen-bond acceptors (Lipinski definition) is 5. The summed E-state index contributed by atoms with van der Waals surface area (Å²) in [6.07, 6.45) is 1.29. The molecule has 29 heavy (non-hydrogen) atoms. The highest BCUT2D eigenvalue weighted by Gasteiger charge is 2.24. The minimum absolute atomic E-state index is 0.0270. The van der Waals surface area contributed by atoms with Crippen LogP contribution < -0.4 is 19.7 Å². The number of nitrogens with zero attached hydrogens (tertiary/aromatic N) is 1. The zero-order valence-corrected chi connectivity index (χ0v) is 16.9. The molecule has 2 aromatic carbocycles. The highest BCUT2D eigenvalue weighted by Crippen LogP contribution is 2.33. The Morgan fingerprint density at radius 2 is 1.93 bits per heavy atom. The lowest BCUT2D eigenvalue weighted by Gasteiger charge is -2.19. The molecule has 154 valence electrons. The van der Waals surface area contributed by atoms with Crippen molar-refractivity contribution in [1.82, 2.24) is 4.72 Å². The van der Waals surface area contributed by atoms with E-state index in [4.69, 9.17) is 4.74 Å². The Kier molecular flexibility index (Phi) is 6.50. The molecular weight excluding hydrogens is 394 g/mol. The number of sulfonamides is 1. The van der Waals surface area contributed by atoms with Crippen molar-refractivity contribution in [3.63, 3.8) is 0 Å². The maximum atomic E-state index is 12.2. The number of rotatable bonds is 8. The van der Waals surface area contributed by atoms with Crippen LogP contribution in [0.3, 0.4) is 0 Å². The van der Waals surface area contributed by atoms with Gasteiger partial charge in [0.2, 0.25) is 21.8 Å². The minimum atomic E-state index is -3.65. The van der Waals surface area contributed by atoms with Gasteiger partial charge in [-0.25, -0.2) is 13.1 Å². The van der Waals surface area contributed by atoms with Gasteiger partial charge in [-0.1, -0.05) is 18.2 Å². The number of carbonyl (C=O) groups is 2. The first-order chi connectivity index (χ1) is 13.9. The van der Waals surface area contributed by atoms with Gasteiger partial charge in [-0.05, 0) is 30.7 Å². The van der Waals surface area contributed by atoms with Gasteiger partial charge in [0.1, 0.15) is 5.75 Å². The molecule has 0 aromatic heterocycles. The summed E-state index contributed by atoms with van der Waals surface area (Å²) < 4.78 is 32.1. The fourth-order valence-corrected chi connectivity index (χ4v) is 4.14. The third-order valence-corrected chi connectivity index (χ3v) is 6.00. The Morgan fingerprint density at radius 1 is 1.17 bits per heavy atom. The van der Waals surface area contributed by atoms with Crippen LogP contribution in [0.25, 0.3) is 0 Å². The molecule has 1 saturated heterocycles. The van der Waals surface area contributed by atoms with Crippen LogP contribution in [-0.4, -0.2) is 40.4 Å². The van der Waals surface area contributed by atoms with Crippen molar-refractivity contribution >= 4 is 33.2 Å². The Balaban J connectivity index is 1.57. The second-order valence-corrected chi connectivity index (χ2v) is 8.31. The first-order valence-electron chi connectivity index (χ1n) is 9.24. The molecule has 1 fully saturated rings. The molecule has 0 bridgehead atoms. The smallest absolute Gasteiger partial charge is 0.240 e. The van der Waals surface area contributed by atoms with Gasteiger partial charge in [-0.2, -0.15) is 0 Å². The van der Waals surface area contributed by atoms with Gasteiger partial charge in [-0.3, -0.25) is 9.59 Å². The van der Waals surface area contributed by atoms with Crippen molar-refractivity contribution in [3.05, 3.63) is 48.5 Å². The van der Waals surface area contributed by atoms with Gasteiger partial charge >= 0.3 is 0 Å². The van der Waals surface area contributed by atoms with Crippen LogP contribution in [0.2, 0.25) is 0 Å². The van der Waals surface area contributed by atoms with Crippen LogP contribution in [0.15, 0.2) is 53.4 Å². The largest absolute Gasteiger partial charge is 0.494 e. The van der Waals surface area contributed by atoms with E-state index in [2.05, 4.69) is 10.0 Å². The topological polar surface area (TPSA) is 105 Å². The van der Waals surface area contributed by atoms with E-state index in [9.17, 15) is 18.0 Å². The highest BCUT2D eigenvalue weighted by atomic mass is 32.2. The standard InChI is InChI=1S/C20H23N3O5S/c1-28-18-14-15(9-10-17(18)23-13-5-8-20(23)25)22-19(24)11-12-21-29(26,27)16-6-3-2-4-7-16/h2-4,6-7,9-10,14,21H,5,8,11-13H2,1H3,(H,22,24). The van der Waals surface area contributed by atoms with Crippen molar-refractivity contribution < 1.29 is 22.7 Å². The zero-order valence-electron chi connectivity index (χ0n) is 16.1. The van der Waals surface area contributed by atoms with Gasteiger partial charge in [0, 0.05) is 37.7 Å². The van der Waals surface area contributed by atoms with Gasteiger partial charge in [-0.15, -0.1) is 0 Å². The lowest BCUT2D eigenvalue weighted by Crippen LogP contribution is -2.28. The predicted octanol–water partition coefficient (Wildman–Crippen LogP) is 2.13. The quantitative estimate of drug-likeness (QED) is 0.685. The molecule has 8 nitrogen and oxygen atoms in total. The molecule has 2 N–H and O–H groups in total. The SMILES string of the molecule is COc1cc(NC(=O)CCNS(=O)(=O)c2ccccc2)ccc1N1CCCC1=O. The normalized spacial score (nSPS) is 14.1. The average Bonchev–Trinajstić information content (AvgIpc) is 3.14. The fraction of sp³-hybridized carbons (Fsp3) is 0.300. The second kappa shape index (κ2) is 9.06. The molecule has 0 spiro atoms. The zero-order chi connectivity index (χ0) is 20.9. The highest BCUT2D eigenvalue weighted by molar-refractivity contribution is 7.89. The Bertz CT molecular complexity index is 992. The first kappa shape index (κ1) is 20.8. The Morgan fingerprint density at radius 3 is 2.59 bits per heavy atom. The molecular formula is C20H23N3O5S. The number of anilines is 2. The molecule has 2 aromatic rings. The van der Waals surface area contributed by atoms with Gasteiger partial charge in [0.15, 0.2) is 0 Å². The van der Waals surface area contributed by atoms with Gasteiger partial charge in [0.25, 0.3) is 0 Å². The molecule has 3 rings (SSSR count). The Labute approximate surface area is 169 Å². The molecule has 1 aliphatic rings. The van der Waals surface area contributed by atoms with Crippen LogP contribution in [-0.2, 0) is 19.6 Å². The van der Waals surface area contributed by atoms with E-state index in [1.165, 1.54) is 19.2 Å². The summed E-state index contributed by atoms with van der Waals surface area (Å²) >= 11 is 0. The molecule has 1 aliphatic heterocycles. The molecule has 2 amide bonds. The molecule has 0 aliphatic carbocycles. The lowest BCUT2D eigenvalue weighted by atomic mass is 10.2. The van der Waals surface area contributed by atoms with Crippen LogP contribution in [0, 0.1) is 0 Å². The third-order valence-electron chi connectivity index (χ3n) is 4.53. The van der Waals surface area contributed by atoms with Crippen molar-refractivity contribution in [2.24, 2.45) is 0 Å². The summed E-state index contributed by atoms with van der Waals surface area (Å²) in [5.41, 5.74) is 1.18. The van der Waals surface area contributed by atoms with E-state index in [0.717, 1.165) is 6.42 Å². The average molecular weight is 417 g/mol. The maximum Gasteiger partial charge on any atom is 0.240 e. The fourth-order valence-electron chi connectivity index (χ4n) is 3.09. The van der Waals surface area contributed by atoms with E-state index in [1.807, 2.05) is 0 Å². The van der Waals surface area contributed by atoms with E-state index in [0.29, 0.717) is 30.1 Å². The number of amides is 2. The predicted molar refractivity (Wildman–Crippen MR) is 109 cm³/mol. The third kappa shape index (κ3) is 5.12. The lowest BCUT2D eigenvalue weighted by molar-refractivity contribution is -0.117. The van der Waals surface area contributed by atoms with Gasteiger partial charge in [0.05, 0.1) is 17.7 Å². The van der Waals surface area contributed by atoms with Crippen molar-refractivity contribution in [1.29, 1.82) is 0 Å². The minimum Gasteiger partial charge on any atom is -0.494 e. The molecule has 1 heterocycles. The first-order valence-corrected chi connectivity index (χ1v) is 10.7. The van der Waals surface area contributed by atoms with Crippen LogP contribution in [0.1, 0.15) is 19.3 Å². The maximum absolute atomic E-state index is 12.2. The van der Waals surface area contributed by atoms with Crippen LogP contribution in [0.4, 0.5) is 11.4 Å². The molecule has 0 saturated carbocycles. The van der Waals surface area contributed by atoms with E-state index >= 15 is 0 Å². The number of ether oxygens (including phenoxy) is 1. The van der Waals surface area contributed by atoms with Crippen LogP contribution >= 0.6 is 0 Å². The van der Waals surface area contributed by atoms with Crippen LogP contribution in [0.5, 0.6) is 5.75 Å². The summed E-state index contributed by atoms with van der Waals surface area (Å²) in [6, 6.07) is 13.0. The summed E-state index contributed by atoms with van der Waals surface area (Å²) in [5.74, 6) is 0.196. The van der Waals surface area contributed by atoms with E-state index < -0.39 is 10.0 Å². The van der Waals surface area contributed by atoms with E-state index in [1.54, 1.807) is 41.3 Å². The van der Waals surface area contributed by atoms with Crippen molar-refractivity contribution in [3.8, 4) is 5.75 Å². The summed E-state index contributed by atoms with van der Waals surface area (Å²) in [5, 5.41) is 2.71. The van der Waals surface area contributed by atoms with Crippen molar-refractivity contribution in [2.75, 3.05) is 30.4 Å². The Hall–Kier alpha value is -2.91. The monoisotopic (exact) mass is 417 g/mol. The molecule has 0 radical (unpaired) electrons. The number of benzene rings is 2. The second-order valence-electron chi connectivity index (χ2n) is 6.54. The molecule has 0 atom stereocenters. The summed E-state index contributed by atoms with van der Waals surface area (Å²) in [7, 11) is -2.14. The molecule has 0 unspecified atom stereocenters. The summed E-state index contributed by atoms with van der Waals surface area (Å²) in [4.78, 5) is 25.9. The number of methoxy groups -OCH3 is 1. The summed E-state index contributed by atoms with van der Waals surface area (Å²) in [6.45, 7) is 0.614. The van der Waals surface area contributed by atoms with E-state index in [-0.39, 0.29) is 29.7 Å². The van der Waals surface area contributed by atoms with Crippen molar-refractivity contribution in [2.45, 2.75) is 24.2 Å². The number of hydrogen-bond donors (Lipinski definition) is 2. The number of carbonyl (C=O) groups excluding carboxylic acids is 2. The number of nitrogens with one attached hydrogen (secondary N) is 2. The van der Waals surface area contributed by atoms with Gasteiger partial charge < -0.3 is 15.0 Å². The molecule has 9 heteroatoms.